The van der Waals surface area contributed by atoms with Crippen molar-refractivity contribution in [3.8, 4) is 0 Å². The summed E-state index contributed by atoms with van der Waals surface area (Å²) >= 11 is 0. The van der Waals surface area contributed by atoms with E-state index in [0.29, 0.717) is 6.04 Å². The lowest BCUT2D eigenvalue weighted by molar-refractivity contribution is 0.0669. The lowest BCUT2D eigenvalue weighted by Gasteiger charge is -2.35. The SMILES string of the molecule is CCN1c2ncccc2CC1c1nc2cc(C(=O)N3CC[C@H]4CCN[C@H]4C3)ccc2n1C. The molecule has 2 saturated heterocycles. The van der Waals surface area contributed by atoms with Crippen LogP contribution in [0.5, 0.6) is 0 Å². The second-order valence-electron chi connectivity index (χ2n) is 9.37. The van der Waals surface area contributed by atoms with E-state index in [2.05, 4.69) is 45.9 Å². The lowest BCUT2D eigenvalue weighted by atomic mass is 9.92. The number of benzene rings is 1. The number of carbonyl (C=O) groups excluding carboxylic acids is 1. The van der Waals surface area contributed by atoms with Gasteiger partial charge in [0.15, 0.2) is 0 Å². The number of nitrogens with zero attached hydrogens (tertiary/aromatic N) is 5. The van der Waals surface area contributed by atoms with Crippen LogP contribution in [0.4, 0.5) is 5.82 Å². The predicted octanol–water partition coefficient (Wildman–Crippen LogP) is 2.92. The third-order valence-electron chi connectivity index (χ3n) is 7.69. The average molecular weight is 431 g/mol. The maximum Gasteiger partial charge on any atom is 0.253 e. The highest BCUT2D eigenvalue weighted by molar-refractivity contribution is 5.97. The van der Waals surface area contributed by atoms with E-state index >= 15 is 0 Å². The summed E-state index contributed by atoms with van der Waals surface area (Å²) in [7, 11) is 2.08. The molecule has 2 aromatic heterocycles. The molecular formula is C25H30N6O. The second-order valence-corrected chi connectivity index (χ2v) is 9.37. The van der Waals surface area contributed by atoms with Crippen LogP contribution in [-0.4, -0.2) is 57.6 Å². The zero-order chi connectivity index (χ0) is 21.8. The summed E-state index contributed by atoms with van der Waals surface area (Å²) in [5.41, 5.74) is 3.96. The number of anilines is 1. The zero-order valence-electron chi connectivity index (χ0n) is 18.8. The molecule has 7 nitrogen and oxygen atoms in total. The number of aryl methyl sites for hydroxylation is 1. The van der Waals surface area contributed by atoms with Crippen molar-refractivity contribution >= 4 is 22.8 Å². The molecule has 0 bridgehead atoms. The first-order chi connectivity index (χ1) is 15.6. The third-order valence-corrected chi connectivity index (χ3v) is 7.69. The fourth-order valence-corrected chi connectivity index (χ4v) is 5.96. The largest absolute Gasteiger partial charge is 0.346 e. The molecule has 3 aliphatic rings. The molecule has 5 heterocycles. The molecule has 166 valence electrons. The Kier molecular flexibility index (Phi) is 4.68. The van der Waals surface area contributed by atoms with E-state index in [9.17, 15) is 4.79 Å². The molecular weight excluding hydrogens is 400 g/mol. The van der Waals surface area contributed by atoms with Gasteiger partial charge in [-0.1, -0.05) is 6.07 Å². The molecule has 3 aliphatic heterocycles. The zero-order valence-corrected chi connectivity index (χ0v) is 18.8. The molecule has 2 fully saturated rings. The number of imidazole rings is 1. The molecule has 3 aromatic rings. The van der Waals surface area contributed by atoms with Crippen LogP contribution >= 0.6 is 0 Å². The van der Waals surface area contributed by atoms with Crippen LogP contribution in [0.15, 0.2) is 36.5 Å². The molecule has 32 heavy (non-hydrogen) atoms. The fourth-order valence-electron chi connectivity index (χ4n) is 5.96. The first-order valence-corrected chi connectivity index (χ1v) is 11.8. The van der Waals surface area contributed by atoms with E-state index in [1.54, 1.807) is 0 Å². The smallest absolute Gasteiger partial charge is 0.253 e. The summed E-state index contributed by atoms with van der Waals surface area (Å²) in [6.45, 7) is 5.79. The Balaban J connectivity index is 1.30. The highest BCUT2D eigenvalue weighted by Crippen LogP contribution is 2.39. The van der Waals surface area contributed by atoms with E-state index in [1.165, 1.54) is 12.0 Å². The van der Waals surface area contributed by atoms with Crippen molar-refractivity contribution in [3.05, 3.63) is 53.5 Å². The van der Waals surface area contributed by atoms with Crippen LogP contribution in [0.2, 0.25) is 0 Å². The van der Waals surface area contributed by atoms with Crippen LogP contribution in [0, 0.1) is 5.92 Å². The van der Waals surface area contributed by atoms with Gasteiger partial charge in [-0.25, -0.2) is 9.97 Å². The van der Waals surface area contributed by atoms with Crippen LogP contribution in [-0.2, 0) is 13.5 Å². The molecule has 7 heteroatoms. The van der Waals surface area contributed by atoms with Gasteiger partial charge in [-0.2, -0.15) is 0 Å². The van der Waals surface area contributed by atoms with E-state index < -0.39 is 0 Å². The molecule has 0 aliphatic carbocycles. The number of piperidine rings is 1. The number of aromatic nitrogens is 3. The van der Waals surface area contributed by atoms with Gasteiger partial charge in [-0.3, -0.25) is 4.79 Å². The summed E-state index contributed by atoms with van der Waals surface area (Å²) < 4.78 is 2.18. The second kappa shape index (κ2) is 7.59. The number of carbonyl (C=O) groups is 1. The summed E-state index contributed by atoms with van der Waals surface area (Å²) in [5, 5.41) is 3.56. The van der Waals surface area contributed by atoms with Crippen LogP contribution < -0.4 is 10.2 Å². The molecule has 0 saturated carbocycles. The number of likely N-dealkylation sites (N-methyl/N-ethyl adjacent to an activating group) is 1. The van der Waals surface area contributed by atoms with E-state index in [4.69, 9.17) is 4.98 Å². The Hall–Kier alpha value is -2.93. The molecule has 0 spiro atoms. The summed E-state index contributed by atoms with van der Waals surface area (Å²) in [4.78, 5) is 27.3. The number of nitrogens with one attached hydrogen (secondary N) is 1. The van der Waals surface area contributed by atoms with Gasteiger partial charge >= 0.3 is 0 Å². The van der Waals surface area contributed by atoms with Crippen molar-refractivity contribution in [2.24, 2.45) is 13.0 Å². The van der Waals surface area contributed by atoms with Crippen LogP contribution in [0.3, 0.4) is 0 Å². The van der Waals surface area contributed by atoms with Gasteiger partial charge in [0.2, 0.25) is 0 Å². The van der Waals surface area contributed by atoms with Crippen molar-refractivity contribution in [3.63, 3.8) is 0 Å². The summed E-state index contributed by atoms with van der Waals surface area (Å²) in [5.74, 6) is 2.94. The minimum Gasteiger partial charge on any atom is -0.346 e. The number of amides is 1. The van der Waals surface area contributed by atoms with Gasteiger partial charge in [-0.05, 0) is 62.1 Å². The molecule has 1 aromatic carbocycles. The Bertz CT molecular complexity index is 1190. The van der Waals surface area contributed by atoms with Gasteiger partial charge in [0, 0.05) is 50.9 Å². The van der Waals surface area contributed by atoms with E-state index in [0.717, 1.165) is 73.2 Å². The molecule has 3 atom stereocenters. The Morgan fingerprint density at radius 1 is 1.25 bits per heavy atom. The number of likely N-dealkylation sites (tertiary alicyclic amines) is 1. The van der Waals surface area contributed by atoms with Gasteiger partial charge in [0.1, 0.15) is 11.6 Å². The predicted molar refractivity (Wildman–Crippen MR) is 125 cm³/mol. The molecule has 1 N–H and O–H groups in total. The van der Waals surface area contributed by atoms with Crippen molar-refractivity contribution in [1.82, 2.24) is 24.8 Å². The normalized spacial score (nSPS) is 24.8. The molecule has 1 unspecified atom stereocenters. The van der Waals surface area contributed by atoms with E-state index in [1.807, 2.05) is 29.3 Å². The maximum atomic E-state index is 13.3. The van der Waals surface area contributed by atoms with Gasteiger partial charge < -0.3 is 19.7 Å². The quantitative estimate of drug-likeness (QED) is 0.692. The highest BCUT2D eigenvalue weighted by Gasteiger charge is 2.35. The maximum absolute atomic E-state index is 13.3. The van der Waals surface area contributed by atoms with Crippen LogP contribution in [0.25, 0.3) is 11.0 Å². The first-order valence-electron chi connectivity index (χ1n) is 11.8. The number of hydrogen-bond acceptors (Lipinski definition) is 5. The van der Waals surface area contributed by atoms with Crippen molar-refractivity contribution in [1.29, 1.82) is 0 Å². The van der Waals surface area contributed by atoms with Crippen molar-refractivity contribution < 1.29 is 4.79 Å². The molecule has 0 radical (unpaired) electrons. The third kappa shape index (κ3) is 3.02. The topological polar surface area (TPSA) is 66.3 Å². The Morgan fingerprint density at radius 2 is 2.16 bits per heavy atom. The van der Waals surface area contributed by atoms with Gasteiger partial charge in [0.05, 0.1) is 17.1 Å². The number of rotatable bonds is 3. The monoisotopic (exact) mass is 430 g/mol. The standard InChI is InChI=1S/C25H30N6O/c1-3-31-22(14-17-5-4-10-27-23(17)31)24-28-19-13-18(6-7-21(19)29(24)2)25(32)30-12-9-16-8-11-26-20(16)15-30/h4-7,10,13,16,20,22,26H,3,8-9,11-12,14-15H2,1-2H3/t16-,20+,22?/m1/s1. The van der Waals surface area contributed by atoms with Gasteiger partial charge in [0.25, 0.3) is 5.91 Å². The average Bonchev–Trinajstić information content (AvgIpc) is 3.52. The van der Waals surface area contributed by atoms with Crippen LogP contribution in [0.1, 0.15) is 47.6 Å². The first kappa shape index (κ1) is 19.7. The number of pyridine rings is 1. The Labute approximate surface area is 188 Å². The number of hydrogen-bond donors (Lipinski definition) is 1. The molecule has 1 amide bonds. The molecule has 6 rings (SSSR count). The van der Waals surface area contributed by atoms with Crippen molar-refractivity contribution in [2.75, 3.05) is 31.1 Å². The van der Waals surface area contributed by atoms with Crippen molar-refractivity contribution in [2.45, 2.75) is 38.3 Å². The Morgan fingerprint density at radius 3 is 3.03 bits per heavy atom. The minimum absolute atomic E-state index is 0.124. The fraction of sp³-hybridized carbons (Fsp3) is 0.480. The minimum atomic E-state index is 0.124. The van der Waals surface area contributed by atoms with E-state index in [-0.39, 0.29) is 11.9 Å². The van der Waals surface area contributed by atoms with Gasteiger partial charge in [-0.15, -0.1) is 0 Å². The number of fused-ring (bicyclic) bond motifs is 3. The summed E-state index contributed by atoms with van der Waals surface area (Å²) in [6.07, 6.45) is 5.11. The lowest BCUT2D eigenvalue weighted by Crippen LogP contribution is -2.48. The summed E-state index contributed by atoms with van der Waals surface area (Å²) in [6, 6.07) is 10.8. The highest BCUT2D eigenvalue weighted by atomic mass is 16.2.